The highest BCUT2D eigenvalue weighted by Gasteiger charge is 2.30. The standard InChI is InChI=1S/C12H12F3N3/c13-12(14,15)10-1-3-11(4-2-10)18-7-5-17(9-16)6-8-18/h1-4H,5-8H2. The SMILES string of the molecule is N#CN1CCN(c2ccc(C(F)(F)F)cc2)CC1. The van der Waals surface area contributed by atoms with Crippen LogP contribution >= 0.6 is 0 Å². The summed E-state index contributed by atoms with van der Waals surface area (Å²) in [6, 6.07) is 5.13. The summed E-state index contributed by atoms with van der Waals surface area (Å²) in [7, 11) is 0. The summed E-state index contributed by atoms with van der Waals surface area (Å²) in [5.74, 6) is 0. The smallest absolute Gasteiger partial charge is 0.368 e. The van der Waals surface area contributed by atoms with Crippen molar-refractivity contribution in [2.24, 2.45) is 0 Å². The predicted octanol–water partition coefficient (Wildman–Crippen LogP) is 2.31. The van der Waals surface area contributed by atoms with Crippen LogP contribution in [0.15, 0.2) is 24.3 Å². The summed E-state index contributed by atoms with van der Waals surface area (Å²) < 4.78 is 37.2. The molecule has 1 heterocycles. The third-order valence-electron chi connectivity index (χ3n) is 2.98. The van der Waals surface area contributed by atoms with E-state index in [2.05, 4.69) is 6.19 Å². The van der Waals surface area contributed by atoms with Gasteiger partial charge in [-0.1, -0.05) is 0 Å². The Morgan fingerprint density at radius 1 is 1.00 bits per heavy atom. The van der Waals surface area contributed by atoms with Gasteiger partial charge in [-0.2, -0.15) is 18.4 Å². The van der Waals surface area contributed by atoms with E-state index in [-0.39, 0.29) is 0 Å². The molecule has 1 aromatic rings. The van der Waals surface area contributed by atoms with Crippen LogP contribution in [-0.2, 0) is 6.18 Å². The molecular weight excluding hydrogens is 243 g/mol. The summed E-state index contributed by atoms with van der Waals surface area (Å²) >= 11 is 0. The minimum absolute atomic E-state index is 0.609. The first-order valence-corrected chi connectivity index (χ1v) is 5.57. The van der Waals surface area contributed by atoms with Gasteiger partial charge >= 0.3 is 6.18 Å². The molecule has 0 aliphatic carbocycles. The molecule has 1 aromatic carbocycles. The van der Waals surface area contributed by atoms with E-state index < -0.39 is 11.7 Å². The van der Waals surface area contributed by atoms with Gasteiger partial charge in [-0.15, -0.1) is 0 Å². The van der Waals surface area contributed by atoms with Crippen molar-refractivity contribution in [2.75, 3.05) is 31.1 Å². The summed E-state index contributed by atoms with van der Waals surface area (Å²) in [5, 5.41) is 8.71. The van der Waals surface area contributed by atoms with Crippen LogP contribution in [0.3, 0.4) is 0 Å². The molecule has 0 aromatic heterocycles. The van der Waals surface area contributed by atoms with Gasteiger partial charge in [-0.25, -0.2) is 0 Å². The molecular formula is C12H12F3N3. The lowest BCUT2D eigenvalue weighted by atomic mass is 10.1. The van der Waals surface area contributed by atoms with E-state index in [1.165, 1.54) is 12.1 Å². The summed E-state index contributed by atoms with van der Waals surface area (Å²) in [5.41, 5.74) is 0.127. The molecule has 0 radical (unpaired) electrons. The Balaban J connectivity index is 2.05. The van der Waals surface area contributed by atoms with E-state index in [0.717, 1.165) is 17.8 Å². The Bertz CT molecular complexity index is 439. The molecule has 0 atom stereocenters. The normalized spacial score (nSPS) is 16.6. The zero-order chi connectivity index (χ0) is 13.2. The molecule has 18 heavy (non-hydrogen) atoms. The monoisotopic (exact) mass is 255 g/mol. The molecule has 6 heteroatoms. The Kier molecular flexibility index (Phi) is 3.32. The number of nitriles is 1. The Morgan fingerprint density at radius 3 is 2.00 bits per heavy atom. The Morgan fingerprint density at radius 2 is 1.56 bits per heavy atom. The van der Waals surface area contributed by atoms with Gasteiger partial charge in [0.05, 0.1) is 5.56 Å². The van der Waals surface area contributed by atoms with Gasteiger partial charge in [-0.05, 0) is 24.3 Å². The second-order valence-corrected chi connectivity index (χ2v) is 4.12. The van der Waals surface area contributed by atoms with Gasteiger partial charge in [-0.3, -0.25) is 0 Å². The van der Waals surface area contributed by atoms with Crippen LogP contribution in [0, 0.1) is 11.5 Å². The van der Waals surface area contributed by atoms with Crippen molar-refractivity contribution in [3.63, 3.8) is 0 Å². The van der Waals surface area contributed by atoms with E-state index in [1.807, 2.05) is 4.90 Å². The lowest BCUT2D eigenvalue weighted by molar-refractivity contribution is -0.137. The molecule has 0 bridgehead atoms. The maximum absolute atomic E-state index is 12.4. The molecule has 1 aliphatic heterocycles. The van der Waals surface area contributed by atoms with Crippen LogP contribution in [-0.4, -0.2) is 31.1 Å². The van der Waals surface area contributed by atoms with E-state index >= 15 is 0 Å². The van der Waals surface area contributed by atoms with Crippen LogP contribution < -0.4 is 4.90 Å². The lowest BCUT2D eigenvalue weighted by Crippen LogP contribution is -2.44. The van der Waals surface area contributed by atoms with Crippen molar-refractivity contribution in [1.29, 1.82) is 5.26 Å². The van der Waals surface area contributed by atoms with Gasteiger partial charge in [0.15, 0.2) is 6.19 Å². The second-order valence-electron chi connectivity index (χ2n) is 4.12. The summed E-state index contributed by atoms with van der Waals surface area (Å²) in [4.78, 5) is 3.62. The van der Waals surface area contributed by atoms with Crippen LogP contribution in [0.1, 0.15) is 5.56 Å². The fourth-order valence-electron chi connectivity index (χ4n) is 1.93. The number of alkyl halides is 3. The molecule has 1 fully saturated rings. The van der Waals surface area contributed by atoms with E-state index in [1.54, 1.807) is 4.90 Å². The van der Waals surface area contributed by atoms with E-state index in [4.69, 9.17) is 5.26 Å². The number of hydrogen-bond acceptors (Lipinski definition) is 3. The molecule has 3 nitrogen and oxygen atoms in total. The predicted molar refractivity (Wildman–Crippen MR) is 60.8 cm³/mol. The number of rotatable bonds is 1. The van der Waals surface area contributed by atoms with Gasteiger partial charge in [0.25, 0.3) is 0 Å². The number of nitrogens with zero attached hydrogens (tertiary/aromatic N) is 3. The highest BCUT2D eigenvalue weighted by atomic mass is 19.4. The molecule has 0 spiro atoms. The van der Waals surface area contributed by atoms with Crippen LogP contribution in [0.25, 0.3) is 0 Å². The first-order chi connectivity index (χ1) is 8.50. The largest absolute Gasteiger partial charge is 0.416 e. The third kappa shape index (κ3) is 2.67. The zero-order valence-corrected chi connectivity index (χ0v) is 9.61. The zero-order valence-electron chi connectivity index (χ0n) is 9.61. The van der Waals surface area contributed by atoms with Gasteiger partial charge in [0.2, 0.25) is 0 Å². The van der Waals surface area contributed by atoms with E-state index in [0.29, 0.717) is 26.2 Å². The minimum atomic E-state index is -4.29. The molecule has 1 aliphatic rings. The summed E-state index contributed by atoms with van der Waals surface area (Å²) in [6.07, 6.45) is -2.23. The number of anilines is 1. The molecule has 0 unspecified atom stereocenters. The molecule has 0 N–H and O–H groups in total. The molecule has 2 rings (SSSR count). The highest BCUT2D eigenvalue weighted by Crippen LogP contribution is 2.30. The molecule has 1 saturated heterocycles. The fraction of sp³-hybridized carbons (Fsp3) is 0.417. The highest BCUT2D eigenvalue weighted by molar-refractivity contribution is 5.48. The number of hydrogen-bond donors (Lipinski definition) is 0. The number of halogens is 3. The van der Waals surface area contributed by atoms with Crippen molar-refractivity contribution in [3.8, 4) is 6.19 Å². The average molecular weight is 255 g/mol. The van der Waals surface area contributed by atoms with Gasteiger partial charge < -0.3 is 9.80 Å². The maximum Gasteiger partial charge on any atom is 0.416 e. The quantitative estimate of drug-likeness (QED) is 0.721. The molecule has 0 amide bonds. The lowest BCUT2D eigenvalue weighted by Gasteiger charge is -2.33. The third-order valence-corrected chi connectivity index (χ3v) is 2.98. The topological polar surface area (TPSA) is 30.3 Å². The van der Waals surface area contributed by atoms with Gasteiger partial charge in [0, 0.05) is 31.9 Å². The summed E-state index contributed by atoms with van der Waals surface area (Å²) in [6.45, 7) is 2.52. The maximum atomic E-state index is 12.4. The Labute approximate surface area is 103 Å². The Hall–Kier alpha value is -1.90. The minimum Gasteiger partial charge on any atom is -0.368 e. The average Bonchev–Trinajstić information content (AvgIpc) is 2.38. The van der Waals surface area contributed by atoms with Crippen molar-refractivity contribution >= 4 is 5.69 Å². The van der Waals surface area contributed by atoms with Crippen molar-refractivity contribution in [2.45, 2.75) is 6.18 Å². The van der Waals surface area contributed by atoms with Crippen molar-refractivity contribution in [3.05, 3.63) is 29.8 Å². The fourth-order valence-corrected chi connectivity index (χ4v) is 1.93. The second kappa shape index (κ2) is 4.77. The number of benzene rings is 1. The first kappa shape index (κ1) is 12.6. The van der Waals surface area contributed by atoms with E-state index in [9.17, 15) is 13.2 Å². The molecule has 96 valence electrons. The van der Waals surface area contributed by atoms with Crippen molar-refractivity contribution in [1.82, 2.24) is 4.90 Å². The number of piperazine rings is 1. The van der Waals surface area contributed by atoms with Crippen molar-refractivity contribution < 1.29 is 13.2 Å². The first-order valence-electron chi connectivity index (χ1n) is 5.57. The van der Waals surface area contributed by atoms with Crippen LogP contribution in [0.5, 0.6) is 0 Å². The van der Waals surface area contributed by atoms with Crippen LogP contribution in [0.2, 0.25) is 0 Å². The van der Waals surface area contributed by atoms with Gasteiger partial charge in [0.1, 0.15) is 0 Å². The van der Waals surface area contributed by atoms with Crippen LogP contribution in [0.4, 0.5) is 18.9 Å². The molecule has 0 saturated carbocycles.